The lowest BCUT2D eigenvalue weighted by molar-refractivity contribution is -0.286. The van der Waals surface area contributed by atoms with E-state index in [1.54, 1.807) is 6.07 Å². The highest BCUT2D eigenvalue weighted by molar-refractivity contribution is 5.69. The number of ether oxygens (including phenoxy) is 3. The first-order valence-electron chi connectivity index (χ1n) is 10.4. The van der Waals surface area contributed by atoms with E-state index in [1.165, 1.54) is 32.6 Å². The first kappa shape index (κ1) is 18.9. The monoisotopic (exact) mass is 372 g/mol. The summed E-state index contributed by atoms with van der Waals surface area (Å²) in [7, 11) is 0. The van der Waals surface area contributed by atoms with Gasteiger partial charge in [0.15, 0.2) is 6.29 Å². The van der Waals surface area contributed by atoms with Crippen molar-refractivity contribution in [1.82, 2.24) is 0 Å². The van der Waals surface area contributed by atoms with Crippen LogP contribution in [0.15, 0.2) is 24.3 Å². The first-order chi connectivity index (χ1) is 12.8. The average molecular weight is 373 g/mol. The van der Waals surface area contributed by atoms with Crippen LogP contribution in [0.2, 0.25) is 0 Å². The van der Waals surface area contributed by atoms with Crippen LogP contribution in [0.25, 0.3) is 0 Å². The van der Waals surface area contributed by atoms with Crippen molar-refractivity contribution in [3.8, 4) is 5.75 Å². The molecule has 27 heavy (non-hydrogen) atoms. The van der Waals surface area contributed by atoms with Gasteiger partial charge in [-0.1, -0.05) is 45.4 Å². The Morgan fingerprint density at radius 2 is 1.93 bits per heavy atom. The number of esters is 1. The summed E-state index contributed by atoms with van der Waals surface area (Å²) in [6.07, 6.45) is 5.95. The Morgan fingerprint density at radius 3 is 2.70 bits per heavy atom. The van der Waals surface area contributed by atoms with E-state index in [1.807, 2.05) is 18.2 Å². The fraction of sp³-hybridized carbons (Fsp3) is 0.696. The van der Waals surface area contributed by atoms with Gasteiger partial charge in [-0.3, -0.25) is 4.79 Å². The second-order valence-corrected chi connectivity index (χ2v) is 9.56. The number of rotatable bonds is 2. The summed E-state index contributed by atoms with van der Waals surface area (Å²) in [5.41, 5.74) is 1.49. The second kappa shape index (κ2) is 6.89. The van der Waals surface area contributed by atoms with Crippen LogP contribution in [0.1, 0.15) is 71.7 Å². The van der Waals surface area contributed by atoms with Gasteiger partial charge in [-0.25, -0.2) is 0 Å². The van der Waals surface area contributed by atoms with E-state index in [2.05, 4.69) is 20.8 Å². The van der Waals surface area contributed by atoms with Crippen molar-refractivity contribution in [2.45, 2.75) is 72.2 Å². The highest BCUT2D eigenvalue weighted by Crippen LogP contribution is 2.61. The SMILES string of the molecule is CC(=O)Oc1ccccc1[C@H]1OC[C@H]2[C@@H](CCC3C(C)(C)CCC[C@@]32C)O1. The Bertz CT molecular complexity index is 712. The lowest BCUT2D eigenvalue weighted by atomic mass is 9.48. The van der Waals surface area contributed by atoms with Gasteiger partial charge in [0, 0.05) is 12.8 Å². The minimum absolute atomic E-state index is 0.212. The maximum absolute atomic E-state index is 11.4. The lowest BCUT2D eigenvalue weighted by Gasteiger charge is -2.60. The quantitative estimate of drug-likeness (QED) is 0.524. The minimum atomic E-state index is -0.460. The first-order valence-corrected chi connectivity index (χ1v) is 10.4. The van der Waals surface area contributed by atoms with Crippen LogP contribution < -0.4 is 4.74 Å². The highest BCUT2D eigenvalue weighted by Gasteiger charge is 2.56. The van der Waals surface area contributed by atoms with Crippen LogP contribution in [-0.4, -0.2) is 18.7 Å². The van der Waals surface area contributed by atoms with E-state index in [0.717, 1.165) is 17.9 Å². The number of hydrogen-bond donors (Lipinski definition) is 0. The van der Waals surface area contributed by atoms with Gasteiger partial charge < -0.3 is 14.2 Å². The number of fused-ring (bicyclic) bond motifs is 3. The molecule has 1 unspecified atom stereocenters. The molecule has 0 radical (unpaired) electrons. The largest absolute Gasteiger partial charge is 0.426 e. The smallest absolute Gasteiger partial charge is 0.308 e. The summed E-state index contributed by atoms with van der Waals surface area (Å²) >= 11 is 0. The molecule has 2 aliphatic carbocycles. The Hall–Kier alpha value is -1.39. The molecule has 1 aliphatic heterocycles. The topological polar surface area (TPSA) is 44.8 Å². The maximum atomic E-state index is 11.4. The molecule has 4 nitrogen and oxygen atoms in total. The van der Waals surface area contributed by atoms with E-state index in [9.17, 15) is 4.79 Å². The molecule has 2 saturated carbocycles. The van der Waals surface area contributed by atoms with Gasteiger partial charge in [0.25, 0.3) is 0 Å². The average Bonchev–Trinajstić information content (AvgIpc) is 2.60. The Balaban J connectivity index is 1.55. The summed E-state index contributed by atoms with van der Waals surface area (Å²) < 4.78 is 18.1. The van der Waals surface area contributed by atoms with Crippen molar-refractivity contribution in [3.63, 3.8) is 0 Å². The highest BCUT2D eigenvalue weighted by atomic mass is 16.7. The van der Waals surface area contributed by atoms with E-state index in [4.69, 9.17) is 14.2 Å². The number of carbonyl (C=O) groups is 1. The molecule has 1 heterocycles. The van der Waals surface area contributed by atoms with Crippen molar-refractivity contribution >= 4 is 5.97 Å². The van der Waals surface area contributed by atoms with Crippen molar-refractivity contribution in [3.05, 3.63) is 29.8 Å². The van der Waals surface area contributed by atoms with Crippen LogP contribution in [0.5, 0.6) is 5.75 Å². The summed E-state index contributed by atoms with van der Waals surface area (Å²) in [4.78, 5) is 11.4. The van der Waals surface area contributed by atoms with Gasteiger partial charge in [-0.05, 0) is 48.5 Å². The van der Waals surface area contributed by atoms with Crippen LogP contribution >= 0.6 is 0 Å². The van der Waals surface area contributed by atoms with Crippen molar-refractivity contribution in [2.24, 2.45) is 22.7 Å². The van der Waals surface area contributed by atoms with Gasteiger partial charge in [-0.15, -0.1) is 0 Å². The predicted molar refractivity (Wildman–Crippen MR) is 103 cm³/mol. The van der Waals surface area contributed by atoms with Gasteiger partial charge in [0.1, 0.15) is 5.75 Å². The van der Waals surface area contributed by atoms with Gasteiger partial charge >= 0.3 is 5.97 Å². The second-order valence-electron chi connectivity index (χ2n) is 9.56. The Labute approximate surface area is 162 Å². The van der Waals surface area contributed by atoms with Crippen molar-refractivity contribution in [1.29, 1.82) is 0 Å². The van der Waals surface area contributed by atoms with Crippen molar-refractivity contribution < 1.29 is 19.0 Å². The fourth-order valence-electron chi connectivity index (χ4n) is 6.22. The summed E-state index contributed by atoms with van der Waals surface area (Å²) in [5, 5.41) is 0. The Kier molecular flexibility index (Phi) is 4.84. The molecule has 0 spiro atoms. The minimum Gasteiger partial charge on any atom is -0.426 e. The number of benzene rings is 1. The van der Waals surface area contributed by atoms with Crippen molar-refractivity contribution in [2.75, 3.05) is 6.61 Å². The molecular formula is C23H32O4. The maximum Gasteiger partial charge on any atom is 0.308 e. The molecule has 0 N–H and O–H groups in total. The lowest BCUT2D eigenvalue weighted by Crippen LogP contribution is -2.57. The predicted octanol–water partition coefficient (Wildman–Crippen LogP) is 5.27. The van der Waals surface area contributed by atoms with Gasteiger partial charge in [0.05, 0.1) is 18.3 Å². The standard InChI is InChI=1S/C23H32O4/c1-15(24)26-18-9-6-5-8-16(18)21-25-14-17-19(27-21)10-11-20-22(2,3)12-7-13-23(17,20)4/h5-6,8-9,17,19-21H,7,10-14H2,1-4H3/t17-,19+,20?,21-,23+/m0/s1. The van der Waals surface area contributed by atoms with E-state index >= 15 is 0 Å². The molecule has 1 saturated heterocycles. The fourth-order valence-corrected chi connectivity index (χ4v) is 6.22. The summed E-state index contributed by atoms with van der Waals surface area (Å²) in [6, 6.07) is 7.53. The number of hydrogen-bond acceptors (Lipinski definition) is 4. The molecular weight excluding hydrogens is 340 g/mol. The Morgan fingerprint density at radius 1 is 1.15 bits per heavy atom. The van der Waals surface area contributed by atoms with Crippen LogP contribution in [0.3, 0.4) is 0 Å². The molecule has 4 rings (SSSR count). The third-order valence-corrected chi connectivity index (χ3v) is 7.46. The van der Waals surface area contributed by atoms with E-state index in [0.29, 0.717) is 23.7 Å². The third kappa shape index (κ3) is 3.31. The van der Waals surface area contributed by atoms with Gasteiger partial charge in [0.2, 0.25) is 0 Å². The molecule has 1 aromatic rings. The van der Waals surface area contributed by atoms with E-state index < -0.39 is 6.29 Å². The van der Waals surface area contributed by atoms with E-state index in [-0.39, 0.29) is 17.5 Å². The number of carbonyl (C=O) groups excluding carboxylic acids is 1. The third-order valence-electron chi connectivity index (χ3n) is 7.46. The molecule has 1 aromatic carbocycles. The molecule has 0 aromatic heterocycles. The van der Waals surface area contributed by atoms with Crippen LogP contribution in [0.4, 0.5) is 0 Å². The zero-order chi connectivity index (χ0) is 19.2. The molecule has 0 bridgehead atoms. The summed E-state index contributed by atoms with van der Waals surface area (Å²) in [5.74, 6) is 1.38. The van der Waals surface area contributed by atoms with Crippen LogP contribution in [0, 0.1) is 22.7 Å². The van der Waals surface area contributed by atoms with Crippen LogP contribution in [-0.2, 0) is 14.3 Å². The molecule has 3 aliphatic rings. The number of para-hydroxylation sites is 1. The molecule has 3 fully saturated rings. The molecule has 148 valence electrons. The normalized spacial score (nSPS) is 37.8. The molecule has 4 heteroatoms. The molecule has 0 amide bonds. The molecule has 5 atom stereocenters. The zero-order valence-corrected chi connectivity index (χ0v) is 17.0. The zero-order valence-electron chi connectivity index (χ0n) is 17.0. The summed E-state index contributed by atoms with van der Waals surface area (Å²) in [6.45, 7) is 9.49. The van der Waals surface area contributed by atoms with Gasteiger partial charge in [-0.2, -0.15) is 0 Å².